The van der Waals surface area contributed by atoms with Crippen molar-refractivity contribution in [3.05, 3.63) is 5.32 Å². The van der Waals surface area contributed by atoms with Gasteiger partial charge in [-0.25, -0.2) is 0 Å². The maximum atomic E-state index is 12.4. The van der Waals surface area contributed by atoms with Gasteiger partial charge >= 0.3 is 29.6 Å². The Morgan fingerprint density at radius 1 is 1.10 bits per heavy atom. The second-order valence-corrected chi connectivity index (χ2v) is 5.59. The van der Waals surface area contributed by atoms with E-state index in [1.807, 2.05) is 13.8 Å². The zero-order valence-electron chi connectivity index (χ0n) is 12.6. The number of amides is 4. The molecular formula is C14H21N2NaO3. The van der Waals surface area contributed by atoms with Crippen LogP contribution in [0.3, 0.4) is 0 Å². The van der Waals surface area contributed by atoms with Gasteiger partial charge in [0.25, 0.3) is 0 Å². The number of hydrogen-bond acceptors (Lipinski definition) is 3. The molecule has 1 heterocycles. The average Bonchev–Trinajstić information content (AvgIpc) is 2.68. The number of rotatable bonds is 4. The third-order valence-corrected chi connectivity index (χ3v) is 4.58. The van der Waals surface area contributed by atoms with Crippen molar-refractivity contribution in [2.45, 2.75) is 52.4 Å². The minimum absolute atomic E-state index is 0. The van der Waals surface area contributed by atoms with Gasteiger partial charge in [-0.15, -0.1) is 0 Å². The summed E-state index contributed by atoms with van der Waals surface area (Å²) in [5.74, 6) is -0.862. The van der Waals surface area contributed by atoms with E-state index in [-0.39, 0.29) is 41.4 Å². The SMILES string of the molecule is CCCC1CCC(CCC)C12C(=O)[N-]C(=O)NC2=O.[Na+]. The molecule has 2 aliphatic rings. The Balaban J connectivity index is 0.00000200. The van der Waals surface area contributed by atoms with E-state index in [9.17, 15) is 14.4 Å². The molecule has 0 bridgehead atoms. The minimum Gasteiger partial charge on any atom is -0.394 e. The third-order valence-electron chi connectivity index (χ3n) is 4.58. The van der Waals surface area contributed by atoms with Crippen molar-refractivity contribution in [1.82, 2.24) is 5.32 Å². The van der Waals surface area contributed by atoms with Crippen LogP contribution in [0.25, 0.3) is 5.32 Å². The second kappa shape index (κ2) is 7.05. The molecule has 1 aliphatic carbocycles. The molecule has 1 spiro atoms. The van der Waals surface area contributed by atoms with Gasteiger partial charge in [0, 0.05) is 0 Å². The van der Waals surface area contributed by atoms with Crippen molar-refractivity contribution in [1.29, 1.82) is 0 Å². The van der Waals surface area contributed by atoms with Crippen molar-refractivity contribution in [2.24, 2.45) is 17.3 Å². The number of imide groups is 2. The number of nitrogens with one attached hydrogen (secondary N) is 1. The average molecular weight is 288 g/mol. The number of carbonyl (C=O) groups excluding carboxylic acids is 3. The fourth-order valence-corrected chi connectivity index (χ4v) is 3.86. The van der Waals surface area contributed by atoms with Gasteiger partial charge in [0.1, 0.15) is 0 Å². The van der Waals surface area contributed by atoms with Crippen molar-refractivity contribution in [3.63, 3.8) is 0 Å². The Labute approximate surface area is 141 Å². The number of barbiturate groups is 1. The summed E-state index contributed by atoms with van der Waals surface area (Å²) in [5, 5.41) is 5.78. The Hall–Kier alpha value is -0.390. The predicted octanol–water partition coefficient (Wildman–Crippen LogP) is -0.247. The van der Waals surface area contributed by atoms with Crippen LogP contribution in [0.2, 0.25) is 0 Å². The van der Waals surface area contributed by atoms with Crippen molar-refractivity contribution in [2.75, 3.05) is 0 Å². The molecule has 1 saturated carbocycles. The molecule has 0 aromatic rings. The molecule has 20 heavy (non-hydrogen) atoms. The molecular weight excluding hydrogens is 267 g/mol. The summed E-state index contributed by atoms with van der Waals surface area (Å²) in [7, 11) is 0. The maximum Gasteiger partial charge on any atom is 1.00 e. The zero-order chi connectivity index (χ0) is 14.0. The van der Waals surface area contributed by atoms with Crippen LogP contribution in [0.15, 0.2) is 0 Å². The van der Waals surface area contributed by atoms with E-state index in [4.69, 9.17) is 0 Å². The van der Waals surface area contributed by atoms with E-state index < -0.39 is 23.3 Å². The van der Waals surface area contributed by atoms with E-state index in [0.29, 0.717) is 0 Å². The minimum atomic E-state index is -1.07. The smallest absolute Gasteiger partial charge is 0.394 e. The van der Waals surface area contributed by atoms with Crippen molar-refractivity contribution >= 4 is 17.8 Å². The van der Waals surface area contributed by atoms with E-state index in [1.54, 1.807) is 0 Å². The molecule has 5 nitrogen and oxygen atoms in total. The molecule has 0 radical (unpaired) electrons. The Morgan fingerprint density at radius 3 is 2.00 bits per heavy atom. The fraction of sp³-hybridized carbons (Fsp3) is 0.786. The second-order valence-electron chi connectivity index (χ2n) is 5.59. The Kier molecular flexibility index (Phi) is 6.23. The van der Waals surface area contributed by atoms with Crippen LogP contribution >= 0.6 is 0 Å². The number of hydrogen-bond donors (Lipinski definition) is 1. The fourth-order valence-electron chi connectivity index (χ4n) is 3.86. The molecule has 1 aliphatic heterocycles. The van der Waals surface area contributed by atoms with Gasteiger partial charge in [0.15, 0.2) is 17.8 Å². The molecule has 106 valence electrons. The Morgan fingerprint density at radius 2 is 1.60 bits per heavy atom. The first kappa shape index (κ1) is 17.7. The standard InChI is InChI=1S/C14H22N2O3.Na/c1-3-5-9-7-8-10(6-4-2)14(9)11(17)15-13(19)16-12(14)18;/h9-10H,3-8H2,1-2H3,(H2,15,16,17,18,19);/q;+1/p-1. The first-order valence-electron chi connectivity index (χ1n) is 7.18. The van der Waals surface area contributed by atoms with E-state index in [1.165, 1.54) is 0 Å². The molecule has 2 atom stereocenters. The molecule has 2 rings (SSSR count). The van der Waals surface area contributed by atoms with Gasteiger partial charge in [-0.2, -0.15) is 0 Å². The first-order chi connectivity index (χ1) is 9.07. The van der Waals surface area contributed by atoms with Crippen LogP contribution in [0.4, 0.5) is 4.79 Å². The molecule has 2 fully saturated rings. The normalized spacial score (nSPS) is 32.8. The summed E-state index contributed by atoms with van der Waals surface area (Å²) in [5.41, 5.74) is -1.07. The molecule has 0 aromatic carbocycles. The van der Waals surface area contributed by atoms with Gasteiger partial charge in [-0.3, -0.25) is 14.4 Å². The quantitative estimate of drug-likeness (QED) is 0.572. The molecule has 1 saturated heterocycles. The van der Waals surface area contributed by atoms with E-state index >= 15 is 0 Å². The number of carbonyl (C=O) groups is 3. The molecule has 0 aromatic heterocycles. The summed E-state index contributed by atoms with van der Waals surface area (Å²) in [6.07, 6.45) is 5.29. The third kappa shape index (κ3) is 2.68. The van der Waals surface area contributed by atoms with Gasteiger partial charge < -0.3 is 10.6 Å². The Bertz CT molecular complexity index is 375. The molecule has 2 unspecified atom stereocenters. The van der Waals surface area contributed by atoms with Crippen LogP contribution < -0.4 is 34.9 Å². The van der Waals surface area contributed by atoms with Gasteiger partial charge in [-0.1, -0.05) is 26.7 Å². The largest absolute Gasteiger partial charge is 1.00 e. The van der Waals surface area contributed by atoms with Crippen molar-refractivity contribution in [3.8, 4) is 0 Å². The van der Waals surface area contributed by atoms with Crippen LogP contribution in [-0.2, 0) is 9.59 Å². The molecule has 4 amide bonds. The van der Waals surface area contributed by atoms with Crippen LogP contribution in [0.1, 0.15) is 52.4 Å². The zero-order valence-corrected chi connectivity index (χ0v) is 14.6. The maximum absolute atomic E-state index is 12.4. The number of nitrogens with zero attached hydrogens (tertiary/aromatic N) is 1. The summed E-state index contributed by atoms with van der Waals surface area (Å²) in [4.78, 5) is 36.0. The van der Waals surface area contributed by atoms with E-state index in [0.717, 1.165) is 38.5 Å². The number of urea groups is 1. The monoisotopic (exact) mass is 288 g/mol. The summed E-state index contributed by atoms with van der Waals surface area (Å²) in [6.45, 7) is 4.10. The van der Waals surface area contributed by atoms with Crippen LogP contribution in [0, 0.1) is 17.3 Å². The van der Waals surface area contributed by atoms with Crippen LogP contribution in [-0.4, -0.2) is 17.8 Å². The summed E-state index contributed by atoms with van der Waals surface area (Å²) < 4.78 is 0. The summed E-state index contributed by atoms with van der Waals surface area (Å²) >= 11 is 0. The topological polar surface area (TPSA) is 77.3 Å². The van der Waals surface area contributed by atoms with Gasteiger partial charge in [0.2, 0.25) is 0 Å². The van der Waals surface area contributed by atoms with Crippen LogP contribution in [0.5, 0.6) is 0 Å². The summed E-state index contributed by atoms with van der Waals surface area (Å²) in [6, 6.07) is -0.807. The molecule has 6 heteroatoms. The van der Waals surface area contributed by atoms with Crippen molar-refractivity contribution < 1.29 is 43.9 Å². The predicted molar refractivity (Wildman–Crippen MR) is 70.4 cm³/mol. The first-order valence-corrected chi connectivity index (χ1v) is 7.18. The van der Waals surface area contributed by atoms with E-state index in [2.05, 4.69) is 10.6 Å². The van der Waals surface area contributed by atoms with Gasteiger partial charge in [-0.05, 0) is 37.5 Å². The van der Waals surface area contributed by atoms with Gasteiger partial charge in [0.05, 0.1) is 5.41 Å². The molecule has 1 N–H and O–H groups in total.